The van der Waals surface area contributed by atoms with Crippen molar-refractivity contribution < 1.29 is 13.3 Å². The van der Waals surface area contributed by atoms with Crippen LogP contribution in [0.15, 0.2) is 23.1 Å². The maximum atomic E-state index is 12.6. The van der Waals surface area contributed by atoms with Gasteiger partial charge in [0, 0.05) is 30.8 Å². The molecule has 1 aliphatic heterocycles. The van der Waals surface area contributed by atoms with E-state index < -0.39 is 14.9 Å². The minimum atomic E-state index is -3.67. The lowest BCUT2D eigenvalue weighted by molar-refractivity contribution is -0.385. The Morgan fingerprint density at radius 1 is 1.33 bits per heavy atom. The van der Waals surface area contributed by atoms with Crippen LogP contribution in [0.25, 0.3) is 0 Å². The number of rotatable bonds is 4. The lowest BCUT2D eigenvalue weighted by Crippen LogP contribution is -2.43. The molecule has 0 radical (unpaired) electrons. The molecule has 8 heteroatoms. The van der Waals surface area contributed by atoms with Crippen molar-refractivity contribution in [3.63, 3.8) is 0 Å². The smallest absolute Gasteiger partial charge is 0.273 e. The van der Waals surface area contributed by atoms with Crippen LogP contribution in [0.4, 0.5) is 5.69 Å². The third kappa shape index (κ3) is 3.22. The Bertz CT molecular complexity index is 637. The molecule has 0 atom stereocenters. The van der Waals surface area contributed by atoms with E-state index in [9.17, 15) is 18.5 Å². The SMILES string of the molecule is CNC1CCN(S(=O)(=O)c2ccc(C)c([N+](=O)[O-])c2)CC1. The summed E-state index contributed by atoms with van der Waals surface area (Å²) in [7, 11) is -1.81. The maximum Gasteiger partial charge on any atom is 0.273 e. The molecule has 1 aromatic rings. The van der Waals surface area contributed by atoms with Crippen molar-refractivity contribution in [3.8, 4) is 0 Å². The fourth-order valence-electron chi connectivity index (χ4n) is 2.48. The highest BCUT2D eigenvalue weighted by atomic mass is 32.2. The van der Waals surface area contributed by atoms with Gasteiger partial charge in [-0.1, -0.05) is 6.07 Å². The van der Waals surface area contributed by atoms with Gasteiger partial charge in [-0.05, 0) is 32.9 Å². The van der Waals surface area contributed by atoms with Crippen LogP contribution in [0, 0.1) is 17.0 Å². The van der Waals surface area contributed by atoms with Gasteiger partial charge in [-0.25, -0.2) is 8.42 Å². The summed E-state index contributed by atoms with van der Waals surface area (Å²) < 4.78 is 26.5. The summed E-state index contributed by atoms with van der Waals surface area (Å²) in [5, 5.41) is 14.1. The van der Waals surface area contributed by atoms with Crippen LogP contribution in [0.5, 0.6) is 0 Å². The Morgan fingerprint density at radius 3 is 2.48 bits per heavy atom. The van der Waals surface area contributed by atoms with Crippen LogP contribution < -0.4 is 5.32 Å². The summed E-state index contributed by atoms with van der Waals surface area (Å²) in [4.78, 5) is 10.4. The van der Waals surface area contributed by atoms with Gasteiger partial charge in [-0.15, -0.1) is 0 Å². The van der Waals surface area contributed by atoms with E-state index in [1.165, 1.54) is 16.4 Å². The van der Waals surface area contributed by atoms with Gasteiger partial charge < -0.3 is 5.32 Å². The van der Waals surface area contributed by atoms with Crippen LogP contribution >= 0.6 is 0 Å². The van der Waals surface area contributed by atoms with Gasteiger partial charge in [0.15, 0.2) is 0 Å². The zero-order valence-electron chi connectivity index (χ0n) is 12.1. The molecule has 0 saturated carbocycles. The molecule has 1 heterocycles. The Kier molecular flexibility index (Phi) is 4.60. The topological polar surface area (TPSA) is 92.6 Å². The molecule has 0 aliphatic carbocycles. The van der Waals surface area contributed by atoms with E-state index >= 15 is 0 Å². The van der Waals surface area contributed by atoms with Crippen molar-refractivity contribution in [2.45, 2.75) is 30.7 Å². The lowest BCUT2D eigenvalue weighted by atomic mass is 10.1. The fraction of sp³-hybridized carbons (Fsp3) is 0.538. The third-order valence-electron chi connectivity index (χ3n) is 3.88. The minimum absolute atomic E-state index is 0.0114. The lowest BCUT2D eigenvalue weighted by Gasteiger charge is -2.30. The number of nitro groups is 1. The predicted octanol–water partition coefficient (Wildman–Crippen LogP) is 1.28. The highest BCUT2D eigenvalue weighted by Gasteiger charge is 2.30. The van der Waals surface area contributed by atoms with Crippen molar-refractivity contribution >= 4 is 15.7 Å². The van der Waals surface area contributed by atoms with Crippen LogP contribution in [-0.4, -0.2) is 43.8 Å². The zero-order chi connectivity index (χ0) is 15.6. The van der Waals surface area contributed by atoms with Crippen LogP contribution in [-0.2, 0) is 10.0 Å². The molecule has 2 rings (SSSR count). The molecule has 1 fully saturated rings. The van der Waals surface area contributed by atoms with E-state index in [0.717, 1.165) is 18.9 Å². The standard InChI is InChI=1S/C13H19N3O4S/c1-10-3-4-12(9-13(10)16(17)18)21(19,20)15-7-5-11(14-2)6-8-15/h3-4,9,11,14H,5-8H2,1-2H3. The van der Waals surface area contributed by atoms with Crippen molar-refractivity contribution in [1.82, 2.24) is 9.62 Å². The van der Waals surface area contributed by atoms with Crippen molar-refractivity contribution in [2.75, 3.05) is 20.1 Å². The number of nitro benzene ring substituents is 1. The van der Waals surface area contributed by atoms with Crippen LogP contribution in [0.3, 0.4) is 0 Å². The predicted molar refractivity (Wildman–Crippen MR) is 78.7 cm³/mol. The number of hydrogen-bond donors (Lipinski definition) is 1. The molecule has 1 N–H and O–H groups in total. The maximum absolute atomic E-state index is 12.6. The third-order valence-corrected chi connectivity index (χ3v) is 5.77. The first-order valence-electron chi connectivity index (χ1n) is 6.78. The van der Waals surface area contributed by atoms with Gasteiger partial charge in [-0.3, -0.25) is 10.1 Å². The molecule has 1 saturated heterocycles. The quantitative estimate of drug-likeness (QED) is 0.667. The Labute approximate surface area is 124 Å². The molecular weight excluding hydrogens is 294 g/mol. The fourth-order valence-corrected chi connectivity index (χ4v) is 3.97. The molecule has 21 heavy (non-hydrogen) atoms. The second-order valence-electron chi connectivity index (χ2n) is 5.17. The van der Waals surface area contributed by atoms with E-state index in [4.69, 9.17) is 0 Å². The Balaban J connectivity index is 2.28. The number of sulfonamides is 1. The molecule has 1 aromatic carbocycles. The summed E-state index contributed by atoms with van der Waals surface area (Å²) in [6.45, 7) is 2.44. The molecule has 7 nitrogen and oxygen atoms in total. The van der Waals surface area contributed by atoms with Gasteiger partial charge in [-0.2, -0.15) is 4.31 Å². The van der Waals surface area contributed by atoms with Gasteiger partial charge in [0.2, 0.25) is 10.0 Å². The zero-order valence-corrected chi connectivity index (χ0v) is 12.9. The molecular formula is C13H19N3O4S. The summed E-state index contributed by atoms with van der Waals surface area (Å²) in [5.41, 5.74) is 0.286. The largest absolute Gasteiger partial charge is 0.317 e. The molecule has 1 aliphatic rings. The van der Waals surface area contributed by atoms with E-state index in [1.54, 1.807) is 6.92 Å². The molecule has 0 bridgehead atoms. The number of nitrogens with zero attached hydrogens (tertiary/aromatic N) is 2. The molecule has 0 unspecified atom stereocenters. The van der Waals surface area contributed by atoms with E-state index in [0.29, 0.717) is 24.7 Å². The normalized spacial score (nSPS) is 17.8. The summed E-state index contributed by atoms with van der Waals surface area (Å²) in [6, 6.07) is 4.38. The van der Waals surface area contributed by atoms with Crippen molar-refractivity contribution in [2.24, 2.45) is 0 Å². The first kappa shape index (κ1) is 15.9. The average molecular weight is 313 g/mol. The van der Waals surface area contributed by atoms with Gasteiger partial charge in [0.1, 0.15) is 0 Å². The van der Waals surface area contributed by atoms with Crippen molar-refractivity contribution in [1.29, 1.82) is 0 Å². The van der Waals surface area contributed by atoms with E-state index in [-0.39, 0.29) is 10.6 Å². The molecule has 0 aromatic heterocycles. The number of nitrogens with one attached hydrogen (secondary N) is 1. The summed E-state index contributed by atoms with van der Waals surface area (Å²) >= 11 is 0. The molecule has 0 spiro atoms. The van der Waals surface area contributed by atoms with Gasteiger partial charge >= 0.3 is 0 Å². The number of aryl methyl sites for hydroxylation is 1. The second kappa shape index (κ2) is 6.08. The average Bonchev–Trinajstić information content (AvgIpc) is 2.47. The second-order valence-corrected chi connectivity index (χ2v) is 7.11. The number of piperidine rings is 1. The van der Waals surface area contributed by atoms with E-state index in [1.807, 2.05) is 7.05 Å². The number of hydrogen-bond acceptors (Lipinski definition) is 5. The Morgan fingerprint density at radius 2 is 1.95 bits per heavy atom. The minimum Gasteiger partial charge on any atom is -0.317 e. The van der Waals surface area contributed by atoms with Gasteiger partial charge in [0.25, 0.3) is 5.69 Å². The van der Waals surface area contributed by atoms with Gasteiger partial charge in [0.05, 0.1) is 9.82 Å². The monoisotopic (exact) mass is 313 g/mol. The first-order chi connectivity index (χ1) is 9.86. The summed E-state index contributed by atoms with van der Waals surface area (Å²) in [5.74, 6) is 0. The van der Waals surface area contributed by atoms with E-state index in [2.05, 4.69) is 5.32 Å². The Hall–Kier alpha value is -1.51. The van der Waals surface area contributed by atoms with Crippen molar-refractivity contribution in [3.05, 3.63) is 33.9 Å². The highest BCUT2D eigenvalue weighted by molar-refractivity contribution is 7.89. The highest BCUT2D eigenvalue weighted by Crippen LogP contribution is 2.26. The molecule has 116 valence electrons. The van der Waals surface area contributed by atoms with Crippen LogP contribution in [0.2, 0.25) is 0 Å². The first-order valence-corrected chi connectivity index (χ1v) is 8.22. The number of benzene rings is 1. The summed E-state index contributed by atoms with van der Waals surface area (Å²) in [6.07, 6.45) is 1.48. The van der Waals surface area contributed by atoms with Crippen LogP contribution in [0.1, 0.15) is 18.4 Å². The molecule has 0 amide bonds.